The van der Waals surface area contributed by atoms with Crippen LogP contribution in [0.25, 0.3) is 227 Å². The van der Waals surface area contributed by atoms with Crippen LogP contribution in [-0.4, -0.2) is 32.8 Å². The van der Waals surface area contributed by atoms with Crippen LogP contribution >= 0.6 is 0 Å². The summed E-state index contributed by atoms with van der Waals surface area (Å²) < 4.78 is 12.2. The lowest BCUT2D eigenvalue weighted by molar-refractivity contribution is 0.660. The fourth-order valence-corrected chi connectivity index (χ4v) is 23.0. The molecule has 3 aliphatic rings. The standard InChI is InChI=1S/C119H81N7/c1-117(2)98-34-15-7-26-81(98)84-51-48-78(67-101(84)117)123-106-39-20-12-30-88(106)93-62-71(43-55-110(93)123)70-42-54-109-92(61-70)87-29-11-19-38-105(87)122(109)77-25-23-24-76(60-77)115-120-104-37-18-10-33-91(104)116(121-115)126-113-58-46-74(72-44-56-111-94(63-72)89-31-13-21-40-107(89)124(111)79-49-52-85-82-27-8-16-35-99(82)118(3,4)102(85)68-79)65-96(113)97-66-75(47-59-114(97)126)73-45-57-112-95(64-73)90-32-14-22-41-108(90)125(112)80-50-53-86-83-28-9-17-36-100(83)119(5,6)103(86)69-80/h7-69H,1-6H3. The average Bonchev–Trinajstić information content (AvgIpc) is 1.54. The van der Waals surface area contributed by atoms with Crippen molar-refractivity contribution in [3.8, 4) is 107 Å². The lowest BCUT2D eigenvalue weighted by atomic mass is 9.82. The quantitative estimate of drug-likeness (QED) is 0.145. The van der Waals surface area contributed by atoms with Gasteiger partial charge in [-0.3, -0.25) is 4.57 Å². The minimum absolute atomic E-state index is 0.113. The first kappa shape index (κ1) is 70.9. The van der Waals surface area contributed by atoms with E-state index >= 15 is 0 Å². The fraction of sp³-hybridized carbons (Fsp3) is 0.0756. The Labute approximate surface area is 727 Å². The predicted molar refractivity (Wildman–Crippen MR) is 526 cm³/mol. The SMILES string of the molecule is CC1(C)c2ccccc2-c2ccc(-n3c4ccccc4c4cc(-c5ccc6c(c5)c5ccccc5n6-c5cccc(-c6nc(-n7c8ccc(-c9ccc%10c(c9)c9ccccc9n%10-c9ccc%10c(c9)C(C)(C)c9ccccc9-%10)cc8c8cc(-c9ccc%10c(c9)c9ccccc9n%10-c9ccc%10c(c9)C(C)(C)c9ccccc9-%10)ccc87)c7ccccc7n6)c5)ccc43)cc21. The Kier molecular flexibility index (Phi) is 14.5. The van der Waals surface area contributed by atoms with Gasteiger partial charge >= 0.3 is 0 Å². The second-order valence-electron chi connectivity index (χ2n) is 36.8. The Morgan fingerprint density at radius 1 is 0.175 bits per heavy atom. The summed E-state index contributed by atoms with van der Waals surface area (Å²) in [6, 6.07) is 143. The molecule has 0 unspecified atom stereocenters. The molecule has 7 nitrogen and oxygen atoms in total. The van der Waals surface area contributed by atoms with Crippen molar-refractivity contribution in [2.24, 2.45) is 0 Å². The molecule has 6 heterocycles. The first-order chi connectivity index (χ1) is 61.7. The molecule has 0 saturated carbocycles. The van der Waals surface area contributed by atoms with Gasteiger partial charge in [-0.15, -0.1) is 0 Å². The summed E-state index contributed by atoms with van der Waals surface area (Å²) >= 11 is 0. The number of fused-ring (bicyclic) bond motifs is 25. The highest BCUT2D eigenvalue weighted by Gasteiger charge is 2.39. The van der Waals surface area contributed by atoms with Crippen molar-refractivity contribution in [3.63, 3.8) is 0 Å². The summed E-state index contributed by atoms with van der Waals surface area (Å²) in [7, 11) is 0. The molecule has 0 fully saturated rings. The Balaban J connectivity index is 0.594. The van der Waals surface area contributed by atoms with Gasteiger partial charge in [-0.2, -0.15) is 0 Å². The zero-order valence-electron chi connectivity index (χ0n) is 70.5. The van der Waals surface area contributed by atoms with Gasteiger partial charge in [0.1, 0.15) is 5.82 Å². The lowest BCUT2D eigenvalue weighted by Gasteiger charge is -2.22. The summed E-state index contributed by atoms with van der Waals surface area (Å²) in [5.74, 6) is 1.45. The average molecular weight is 1610 g/mol. The van der Waals surface area contributed by atoms with Crippen LogP contribution in [-0.2, 0) is 16.2 Å². The summed E-state index contributed by atoms with van der Waals surface area (Å²) in [4.78, 5) is 11.4. The number of aromatic nitrogens is 7. The third-order valence-corrected chi connectivity index (χ3v) is 29.1. The number of nitrogens with zero attached hydrogens (tertiary/aromatic N) is 7. The molecule has 0 atom stereocenters. The maximum absolute atomic E-state index is 5.85. The number of rotatable bonds is 9. The smallest absolute Gasteiger partial charge is 0.162 e. The van der Waals surface area contributed by atoms with E-state index in [1.807, 2.05) is 0 Å². The first-order valence-electron chi connectivity index (χ1n) is 44.1. The molecular weight excluding hydrogens is 1530 g/mol. The molecular formula is C119H81N7. The Morgan fingerprint density at radius 3 is 0.794 bits per heavy atom. The molecule has 0 N–H and O–H groups in total. The molecule has 6 aromatic heterocycles. The Hall–Kier alpha value is -15.7. The third-order valence-electron chi connectivity index (χ3n) is 29.1. The predicted octanol–water partition coefficient (Wildman–Crippen LogP) is 30.7. The van der Waals surface area contributed by atoms with E-state index in [1.54, 1.807) is 0 Å². The van der Waals surface area contributed by atoms with E-state index in [9.17, 15) is 0 Å². The van der Waals surface area contributed by atoms with Gasteiger partial charge in [0.2, 0.25) is 0 Å². The van der Waals surface area contributed by atoms with Gasteiger partial charge in [-0.25, -0.2) is 9.97 Å². The topological polar surface area (TPSA) is 50.4 Å². The molecule has 7 heteroatoms. The van der Waals surface area contributed by atoms with Crippen LogP contribution in [0.4, 0.5) is 0 Å². The maximum Gasteiger partial charge on any atom is 0.162 e. The van der Waals surface area contributed by atoms with E-state index in [2.05, 4.69) is 447 Å². The largest absolute Gasteiger partial charge is 0.309 e. The zero-order chi connectivity index (χ0) is 83.5. The van der Waals surface area contributed by atoms with Crippen molar-refractivity contribution >= 4 is 120 Å². The summed E-state index contributed by atoms with van der Waals surface area (Å²) in [6.45, 7) is 14.2. The highest BCUT2D eigenvalue weighted by Crippen LogP contribution is 2.55. The highest BCUT2D eigenvalue weighted by atomic mass is 15.1. The molecule has 0 saturated heterocycles. The Morgan fingerprint density at radius 2 is 0.444 bits per heavy atom. The molecule has 126 heavy (non-hydrogen) atoms. The van der Waals surface area contributed by atoms with Crippen molar-refractivity contribution in [2.45, 2.75) is 57.8 Å². The molecule has 0 bridgehead atoms. The molecule has 3 aliphatic carbocycles. The highest BCUT2D eigenvalue weighted by molar-refractivity contribution is 6.17. The molecule has 0 radical (unpaired) electrons. The summed E-state index contributed by atoms with van der Waals surface area (Å²) in [6.07, 6.45) is 0. The van der Waals surface area contributed by atoms with Crippen molar-refractivity contribution in [3.05, 3.63) is 416 Å². The van der Waals surface area contributed by atoms with E-state index in [1.165, 1.54) is 166 Å². The second kappa shape index (κ2) is 25.7. The van der Waals surface area contributed by atoms with E-state index in [0.717, 1.165) is 88.6 Å². The zero-order valence-corrected chi connectivity index (χ0v) is 70.5. The molecule has 0 spiro atoms. The minimum atomic E-state index is -0.136. The minimum Gasteiger partial charge on any atom is -0.309 e. The van der Waals surface area contributed by atoms with Crippen LogP contribution in [0, 0.1) is 0 Å². The molecule has 592 valence electrons. The Bertz CT molecular complexity index is 8680. The molecule has 18 aromatic carbocycles. The molecule has 24 aromatic rings. The van der Waals surface area contributed by atoms with Gasteiger partial charge in [-0.1, -0.05) is 266 Å². The van der Waals surface area contributed by atoms with Gasteiger partial charge in [-0.05, 0) is 258 Å². The number of benzene rings is 18. The van der Waals surface area contributed by atoms with E-state index in [0.29, 0.717) is 5.82 Å². The third kappa shape index (κ3) is 9.88. The van der Waals surface area contributed by atoms with Crippen LogP contribution in [0.1, 0.15) is 74.9 Å². The molecule has 0 amide bonds. The van der Waals surface area contributed by atoms with Crippen LogP contribution in [0.15, 0.2) is 382 Å². The van der Waals surface area contributed by atoms with Crippen molar-refractivity contribution in [1.29, 1.82) is 0 Å². The number of para-hydroxylation sites is 5. The van der Waals surface area contributed by atoms with Gasteiger partial charge < -0.3 is 18.3 Å². The fourth-order valence-electron chi connectivity index (χ4n) is 23.0. The van der Waals surface area contributed by atoms with Crippen molar-refractivity contribution < 1.29 is 0 Å². The number of hydrogen-bond donors (Lipinski definition) is 0. The van der Waals surface area contributed by atoms with Crippen LogP contribution in [0.2, 0.25) is 0 Å². The van der Waals surface area contributed by atoms with Crippen LogP contribution in [0.5, 0.6) is 0 Å². The van der Waals surface area contributed by atoms with Gasteiger partial charge in [0.05, 0.1) is 60.7 Å². The molecule has 27 rings (SSSR count). The lowest BCUT2D eigenvalue weighted by Crippen LogP contribution is -2.15. The second-order valence-corrected chi connectivity index (χ2v) is 36.8. The normalized spacial score (nSPS) is 14.0. The van der Waals surface area contributed by atoms with E-state index in [-0.39, 0.29) is 16.2 Å². The van der Waals surface area contributed by atoms with Crippen LogP contribution < -0.4 is 0 Å². The monoisotopic (exact) mass is 1610 g/mol. The number of hydrogen-bond acceptors (Lipinski definition) is 2. The first-order valence-corrected chi connectivity index (χ1v) is 44.1. The maximum atomic E-state index is 5.85. The molecule has 0 aliphatic heterocycles. The van der Waals surface area contributed by atoms with Gasteiger partial charge in [0.25, 0.3) is 0 Å². The summed E-state index contributed by atoms with van der Waals surface area (Å²) in [5.41, 5.74) is 40.4. The van der Waals surface area contributed by atoms with Gasteiger partial charge in [0, 0.05) is 104 Å². The summed E-state index contributed by atoms with van der Waals surface area (Å²) in [5, 5.41) is 12.9. The van der Waals surface area contributed by atoms with E-state index in [4.69, 9.17) is 9.97 Å². The van der Waals surface area contributed by atoms with E-state index < -0.39 is 0 Å². The van der Waals surface area contributed by atoms with Crippen molar-refractivity contribution in [2.75, 3.05) is 0 Å². The van der Waals surface area contributed by atoms with Crippen molar-refractivity contribution in [1.82, 2.24) is 32.8 Å². The van der Waals surface area contributed by atoms with Gasteiger partial charge in [0.15, 0.2) is 5.82 Å². The van der Waals surface area contributed by atoms with Crippen LogP contribution in [0.3, 0.4) is 0 Å².